The Morgan fingerprint density at radius 1 is 1.36 bits per heavy atom. The van der Waals surface area contributed by atoms with E-state index in [1.807, 2.05) is 28.1 Å². The molecule has 1 heterocycles. The molecule has 0 radical (unpaired) electrons. The van der Waals surface area contributed by atoms with Crippen LogP contribution in [0.1, 0.15) is 6.92 Å². The zero-order chi connectivity index (χ0) is 11.1. The Labute approximate surface area is 86.4 Å². The standard InChI is InChI=1S/C9H20NO3S/c1-7(13-5)9-8(10(2,3)4)6-14(9,11)12/h7-9H,6H2,1-5H3/q+1/t7-,8-,9-/m1/s1. The zero-order valence-corrected chi connectivity index (χ0v) is 10.3. The van der Waals surface area contributed by atoms with Crippen molar-refractivity contribution in [2.45, 2.75) is 24.3 Å². The largest absolute Gasteiger partial charge is 0.380 e. The Kier molecular flexibility index (Phi) is 2.96. The van der Waals surface area contributed by atoms with Crippen LogP contribution in [-0.2, 0) is 14.6 Å². The number of rotatable bonds is 3. The van der Waals surface area contributed by atoms with Crippen LogP contribution in [0.2, 0.25) is 0 Å². The highest BCUT2D eigenvalue weighted by Crippen LogP contribution is 2.31. The second kappa shape index (κ2) is 3.47. The van der Waals surface area contributed by atoms with Gasteiger partial charge in [0.15, 0.2) is 9.84 Å². The van der Waals surface area contributed by atoms with Crippen molar-refractivity contribution in [3.05, 3.63) is 0 Å². The van der Waals surface area contributed by atoms with Crippen LogP contribution in [-0.4, -0.2) is 64.3 Å². The van der Waals surface area contributed by atoms with Crippen molar-refractivity contribution in [2.75, 3.05) is 34.0 Å². The van der Waals surface area contributed by atoms with Gasteiger partial charge in [-0.15, -0.1) is 0 Å². The molecule has 0 bridgehead atoms. The summed E-state index contributed by atoms with van der Waals surface area (Å²) in [5.74, 6) is 0.287. The number of methoxy groups -OCH3 is 1. The summed E-state index contributed by atoms with van der Waals surface area (Å²) in [5, 5.41) is -0.340. The quantitative estimate of drug-likeness (QED) is 0.626. The molecular weight excluding hydrogens is 202 g/mol. The summed E-state index contributed by atoms with van der Waals surface area (Å²) in [6.45, 7) is 1.82. The van der Waals surface area contributed by atoms with E-state index < -0.39 is 9.84 Å². The van der Waals surface area contributed by atoms with Crippen molar-refractivity contribution >= 4 is 9.84 Å². The number of hydrogen-bond donors (Lipinski definition) is 0. The maximum absolute atomic E-state index is 11.6. The van der Waals surface area contributed by atoms with Crippen LogP contribution in [0.25, 0.3) is 0 Å². The van der Waals surface area contributed by atoms with Crippen molar-refractivity contribution in [3.63, 3.8) is 0 Å². The van der Waals surface area contributed by atoms with Crippen LogP contribution in [0, 0.1) is 0 Å². The molecule has 5 heteroatoms. The average Bonchev–Trinajstić information content (AvgIpc) is 1.98. The topological polar surface area (TPSA) is 43.4 Å². The summed E-state index contributed by atoms with van der Waals surface area (Å²) < 4.78 is 29.0. The van der Waals surface area contributed by atoms with Crippen LogP contribution in [0.3, 0.4) is 0 Å². The van der Waals surface area contributed by atoms with Gasteiger partial charge in [-0.2, -0.15) is 0 Å². The van der Waals surface area contributed by atoms with Crippen LogP contribution in [0.4, 0.5) is 0 Å². The normalized spacial score (nSPS) is 33.5. The Hall–Kier alpha value is -0.130. The molecule has 0 aromatic rings. The van der Waals surface area contributed by atoms with Crippen LogP contribution >= 0.6 is 0 Å². The van der Waals surface area contributed by atoms with Crippen LogP contribution in [0.15, 0.2) is 0 Å². The van der Waals surface area contributed by atoms with E-state index in [9.17, 15) is 8.42 Å². The van der Waals surface area contributed by atoms with E-state index in [0.29, 0.717) is 4.48 Å². The lowest BCUT2D eigenvalue weighted by molar-refractivity contribution is -0.895. The molecule has 3 atom stereocenters. The summed E-state index contributed by atoms with van der Waals surface area (Å²) in [6, 6.07) is 0.162. The molecule has 1 aliphatic heterocycles. The Bertz CT molecular complexity index is 305. The average molecular weight is 222 g/mol. The molecule has 0 spiro atoms. The smallest absolute Gasteiger partial charge is 0.167 e. The Morgan fingerprint density at radius 2 is 1.86 bits per heavy atom. The van der Waals surface area contributed by atoms with E-state index in [1.165, 1.54) is 0 Å². The minimum Gasteiger partial charge on any atom is -0.380 e. The summed E-state index contributed by atoms with van der Waals surface area (Å²) >= 11 is 0. The lowest BCUT2D eigenvalue weighted by Gasteiger charge is -2.46. The van der Waals surface area contributed by atoms with Crippen molar-refractivity contribution in [2.24, 2.45) is 0 Å². The minimum absolute atomic E-state index is 0.162. The van der Waals surface area contributed by atoms with Crippen molar-refractivity contribution in [3.8, 4) is 0 Å². The first-order chi connectivity index (χ1) is 6.20. The Balaban J connectivity index is 2.87. The third-order valence-corrected chi connectivity index (χ3v) is 5.36. The third kappa shape index (κ3) is 1.94. The van der Waals surface area contributed by atoms with E-state index in [4.69, 9.17) is 4.74 Å². The Morgan fingerprint density at radius 3 is 2.14 bits per heavy atom. The molecule has 0 amide bonds. The lowest BCUT2D eigenvalue weighted by Crippen LogP contribution is -2.68. The number of hydrogen-bond acceptors (Lipinski definition) is 3. The number of sulfone groups is 1. The van der Waals surface area contributed by atoms with E-state index in [-0.39, 0.29) is 23.1 Å². The highest BCUT2D eigenvalue weighted by atomic mass is 32.2. The molecule has 0 aliphatic carbocycles. The lowest BCUT2D eigenvalue weighted by atomic mass is 10.1. The van der Waals surface area contributed by atoms with Gasteiger partial charge in [-0.3, -0.25) is 0 Å². The van der Waals surface area contributed by atoms with Crippen LogP contribution in [0.5, 0.6) is 0 Å². The van der Waals surface area contributed by atoms with Gasteiger partial charge in [0.2, 0.25) is 0 Å². The molecule has 0 aromatic carbocycles. The SMILES string of the molecule is CO[C@H](C)[C@@H]1[C@H]([N+](C)(C)C)CS1(=O)=O. The molecule has 1 saturated heterocycles. The molecule has 84 valence electrons. The van der Waals surface area contributed by atoms with Gasteiger partial charge in [0.05, 0.1) is 27.2 Å². The van der Waals surface area contributed by atoms with Gasteiger partial charge in [-0.05, 0) is 6.92 Å². The summed E-state index contributed by atoms with van der Waals surface area (Å²) in [5.41, 5.74) is 0. The maximum atomic E-state index is 11.6. The summed E-state index contributed by atoms with van der Waals surface area (Å²) in [4.78, 5) is 0. The summed E-state index contributed by atoms with van der Waals surface area (Å²) in [6.07, 6.45) is -0.212. The van der Waals surface area contributed by atoms with Crippen LogP contribution < -0.4 is 0 Å². The molecule has 0 aromatic heterocycles. The second-order valence-electron chi connectivity index (χ2n) is 4.92. The second-order valence-corrected chi connectivity index (χ2v) is 7.12. The van der Waals surface area contributed by atoms with Crippen molar-refractivity contribution in [1.29, 1.82) is 0 Å². The monoisotopic (exact) mass is 222 g/mol. The molecule has 4 nitrogen and oxygen atoms in total. The fourth-order valence-electron chi connectivity index (χ4n) is 1.96. The summed E-state index contributed by atoms with van der Waals surface area (Å²) in [7, 11) is 4.72. The molecular formula is C9H20NO3S+. The fourth-order valence-corrected chi connectivity index (χ4v) is 4.59. The molecule has 1 aliphatic rings. The van der Waals surface area contributed by atoms with Gasteiger partial charge < -0.3 is 9.22 Å². The van der Waals surface area contributed by atoms with E-state index in [1.54, 1.807) is 7.11 Å². The number of ether oxygens (including phenoxy) is 1. The molecule has 14 heavy (non-hydrogen) atoms. The van der Waals surface area contributed by atoms with E-state index in [0.717, 1.165) is 0 Å². The minimum atomic E-state index is -2.91. The van der Waals surface area contributed by atoms with E-state index >= 15 is 0 Å². The molecule has 0 saturated carbocycles. The van der Waals surface area contributed by atoms with Gasteiger partial charge in [-0.1, -0.05) is 0 Å². The highest BCUT2D eigenvalue weighted by molar-refractivity contribution is 7.93. The molecule has 1 fully saturated rings. The third-order valence-electron chi connectivity index (χ3n) is 3.03. The van der Waals surface area contributed by atoms with Gasteiger partial charge >= 0.3 is 0 Å². The number of quaternary nitrogens is 1. The first-order valence-corrected chi connectivity index (χ1v) is 6.47. The predicted octanol–water partition coefficient (Wildman–Crippen LogP) is -0.107. The molecule has 0 unspecified atom stereocenters. The van der Waals surface area contributed by atoms with E-state index in [2.05, 4.69) is 0 Å². The molecule has 1 rings (SSSR count). The van der Waals surface area contributed by atoms with Gasteiger partial charge in [-0.25, -0.2) is 8.42 Å². The van der Waals surface area contributed by atoms with Crippen molar-refractivity contribution in [1.82, 2.24) is 0 Å². The predicted molar refractivity (Wildman–Crippen MR) is 55.9 cm³/mol. The van der Waals surface area contributed by atoms with Crippen molar-refractivity contribution < 1.29 is 17.6 Å². The highest BCUT2D eigenvalue weighted by Gasteiger charge is 2.55. The molecule has 0 N–H and O–H groups in total. The fraction of sp³-hybridized carbons (Fsp3) is 1.00. The zero-order valence-electron chi connectivity index (χ0n) is 9.52. The van der Waals surface area contributed by atoms with Gasteiger partial charge in [0.1, 0.15) is 17.0 Å². The first-order valence-electron chi connectivity index (χ1n) is 4.75. The van der Waals surface area contributed by atoms with Gasteiger partial charge in [0.25, 0.3) is 0 Å². The van der Waals surface area contributed by atoms with Gasteiger partial charge in [0, 0.05) is 7.11 Å². The first kappa shape index (κ1) is 11.9. The number of nitrogens with zero attached hydrogens (tertiary/aromatic N) is 1. The maximum Gasteiger partial charge on any atom is 0.167 e.